The number of fused-ring (bicyclic) bond motifs is 4. The summed E-state index contributed by atoms with van der Waals surface area (Å²) >= 11 is 0. The molecule has 5 aromatic rings. The van der Waals surface area contributed by atoms with E-state index in [0.29, 0.717) is 82.6 Å². The summed E-state index contributed by atoms with van der Waals surface area (Å²) in [6.07, 6.45) is 12.1. The van der Waals surface area contributed by atoms with Gasteiger partial charge in [-0.2, -0.15) is 9.97 Å². The quantitative estimate of drug-likeness (QED) is 0.0529. The second kappa shape index (κ2) is 26.7. The van der Waals surface area contributed by atoms with E-state index in [1.807, 2.05) is 86.0 Å². The molecule has 5 amide bonds. The highest BCUT2D eigenvalue weighted by atomic mass is 28.3. The number of hydrogen-bond donors (Lipinski definition) is 1. The molecule has 1 spiro atoms. The van der Waals surface area contributed by atoms with Crippen LogP contribution in [0.15, 0.2) is 54.7 Å². The van der Waals surface area contributed by atoms with Gasteiger partial charge in [-0.15, -0.1) is 5.54 Å². The highest BCUT2D eigenvalue weighted by molar-refractivity contribution is 6.90. The second-order valence-corrected chi connectivity index (χ2v) is 35.7. The van der Waals surface area contributed by atoms with E-state index in [1.165, 1.54) is 25.7 Å². The predicted molar refractivity (Wildman–Crippen MR) is 364 cm³/mol. The highest BCUT2D eigenvalue weighted by Gasteiger charge is 2.48. The summed E-state index contributed by atoms with van der Waals surface area (Å²) in [5.41, 5.74) is 8.46. The Morgan fingerprint density at radius 2 is 1.51 bits per heavy atom. The Bertz CT molecular complexity index is 3670. The van der Waals surface area contributed by atoms with Crippen molar-refractivity contribution in [3.63, 3.8) is 0 Å². The molecule has 5 saturated heterocycles. The van der Waals surface area contributed by atoms with Gasteiger partial charge in [0.2, 0.25) is 5.91 Å². The lowest BCUT2D eigenvalue weighted by Crippen LogP contribution is -2.57. The van der Waals surface area contributed by atoms with Crippen LogP contribution in [0.1, 0.15) is 154 Å². The van der Waals surface area contributed by atoms with E-state index >= 15 is 4.39 Å². The smallest absolute Gasteiger partial charge is 0.410 e. The minimum absolute atomic E-state index is 0.00108. The Morgan fingerprint density at radius 1 is 0.817 bits per heavy atom. The Labute approximate surface area is 550 Å². The lowest BCUT2D eigenvalue weighted by Gasteiger charge is -2.47. The number of benzene rings is 3. The molecule has 18 nitrogen and oxygen atoms in total. The van der Waals surface area contributed by atoms with Gasteiger partial charge in [0.05, 0.1) is 24.1 Å². The molecule has 0 radical (unpaired) electrons. The van der Waals surface area contributed by atoms with Crippen molar-refractivity contribution in [2.75, 3.05) is 102 Å². The Balaban J connectivity index is 0.729. The number of aromatic nitrogens is 3. The molecule has 2 atom stereocenters. The van der Waals surface area contributed by atoms with E-state index in [1.54, 1.807) is 18.2 Å². The number of piperazine rings is 2. The van der Waals surface area contributed by atoms with E-state index in [-0.39, 0.29) is 71.3 Å². The van der Waals surface area contributed by atoms with Crippen LogP contribution in [0.3, 0.4) is 0 Å². The molecule has 2 aliphatic carbocycles. The number of hydrogen-bond acceptors (Lipinski definition) is 14. The van der Waals surface area contributed by atoms with Crippen molar-refractivity contribution in [1.82, 2.24) is 39.9 Å². The van der Waals surface area contributed by atoms with Crippen molar-refractivity contribution < 1.29 is 42.5 Å². The summed E-state index contributed by atoms with van der Waals surface area (Å²) in [5.74, 6) is 4.53. The fraction of sp³-hybridized carbons (Fsp3) is 0.603. The number of carbonyl (C=O) groups is 4. The summed E-state index contributed by atoms with van der Waals surface area (Å²) in [7, 11) is -0.593. The standard InChI is InChI=1S/C73H97FN10O8Si/c1-47(2)93(48(3)4,49(5)6)36-22-52-13-12-14-53-37-57(91-46-89-11)39-58(62(52)53)64-63(74)65-59(40-75-64)66(82-42-55-17-18-56(43-82)84(55)70(88)92-71(8,9)10)78-68(77-65)90-45-73(25-26-73)44-80-34-32-79(33-35-80)41-51-19-23-72(24-20-51)27-30-81(31-28-72)67(86)54-16-15-50(7)60(38-54)83-29-21-61(85)76-69(83)87/h12-16,37-40,47-49,51,55-56H,17-21,23-35,41-46H2,1-11H3,(H,76,85,87). The van der Waals surface area contributed by atoms with Crippen LogP contribution in [-0.4, -0.2) is 177 Å². The number of imide groups is 1. The Kier molecular flexibility index (Phi) is 19.0. The molecule has 3 aromatic carbocycles. The lowest BCUT2D eigenvalue weighted by molar-refractivity contribution is -0.120. The predicted octanol–water partition coefficient (Wildman–Crippen LogP) is 12.8. The Hall–Kier alpha value is -6.92. The number of nitrogens with one attached hydrogen (secondary N) is 1. The summed E-state index contributed by atoms with van der Waals surface area (Å²) in [5, 5.41) is 4.50. The monoisotopic (exact) mass is 1290 g/mol. The molecule has 2 bridgehead atoms. The van der Waals surface area contributed by atoms with Gasteiger partial charge in [0.25, 0.3) is 5.91 Å². The van der Waals surface area contributed by atoms with Crippen molar-refractivity contribution >= 4 is 65.2 Å². The molecular weight excluding hydrogens is 1190 g/mol. The van der Waals surface area contributed by atoms with Gasteiger partial charge in [-0.3, -0.25) is 29.7 Å². The third kappa shape index (κ3) is 13.8. The van der Waals surface area contributed by atoms with Crippen molar-refractivity contribution in [2.24, 2.45) is 16.7 Å². The third-order valence-electron chi connectivity index (χ3n) is 21.9. The van der Waals surface area contributed by atoms with E-state index in [9.17, 15) is 19.2 Å². The van der Waals surface area contributed by atoms with Crippen LogP contribution in [0, 0.1) is 41.0 Å². The first-order valence-electron chi connectivity index (χ1n) is 34.4. The molecule has 12 rings (SSSR count). The molecule has 2 aromatic heterocycles. The average Bonchev–Trinajstić information content (AvgIpc) is 1.41. The largest absolute Gasteiger partial charge is 0.468 e. The number of methoxy groups -OCH3 is 1. The van der Waals surface area contributed by atoms with Gasteiger partial charge >= 0.3 is 18.1 Å². The van der Waals surface area contributed by atoms with Crippen molar-refractivity contribution in [3.05, 3.63) is 77.2 Å². The number of piperidine rings is 1. The zero-order chi connectivity index (χ0) is 65.7. The van der Waals surface area contributed by atoms with E-state index in [0.717, 1.165) is 113 Å². The summed E-state index contributed by atoms with van der Waals surface area (Å²) in [6.45, 7) is 30.6. The molecule has 2 saturated carbocycles. The van der Waals surface area contributed by atoms with Crippen LogP contribution in [0.4, 0.5) is 25.5 Å². The SMILES string of the molecule is COCOc1cc(-c2ncc3c(N4CC5CCC(C4)N5C(=O)OC(C)(C)C)nc(OCC4(CN5CCN(CC6CCC7(CC6)CCN(C(=O)c6ccc(C)c(N8CCC(=O)NC8=O)c6)CC7)CC5)CC4)nc3c2F)c2c(C#C[Si](C(C)C)(C(C)C)C(C)C)cccc2c1. The molecular formula is C73H97FN10O8Si. The van der Waals surface area contributed by atoms with Crippen molar-refractivity contribution in [1.29, 1.82) is 0 Å². The van der Waals surface area contributed by atoms with Gasteiger partial charge in [-0.05, 0) is 161 Å². The van der Waals surface area contributed by atoms with Gasteiger partial charge in [0, 0.05) is 125 Å². The van der Waals surface area contributed by atoms with Crippen LogP contribution in [-0.2, 0) is 14.3 Å². The van der Waals surface area contributed by atoms with Gasteiger partial charge in [-0.25, -0.2) is 14.0 Å². The number of urea groups is 1. The van der Waals surface area contributed by atoms with E-state index < -0.39 is 25.5 Å². The zero-order valence-corrected chi connectivity index (χ0v) is 57.8. The maximum absolute atomic E-state index is 18.3. The normalized spacial score (nSPS) is 21.3. The van der Waals surface area contributed by atoms with Crippen LogP contribution in [0.25, 0.3) is 32.9 Å². The van der Waals surface area contributed by atoms with Crippen LogP contribution < -0.4 is 24.6 Å². The molecule has 7 fully saturated rings. The highest BCUT2D eigenvalue weighted by Crippen LogP contribution is 2.49. The summed E-state index contributed by atoms with van der Waals surface area (Å²) < 4.78 is 42.4. The number of carbonyl (C=O) groups excluding carboxylic acids is 4. The molecule has 498 valence electrons. The molecule has 20 heteroatoms. The van der Waals surface area contributed by atoms with Gasteiger partial charge in [0.15, 0.2) is 12.6 Å². The topological polar surface area (TPSA) is 175 Å². The fourth-order valence-corrected chi connectivity index (χ4v) is 21.8. The zero-order valence-electron chi connectivity index (χ0n) is 56.8. The molecule has 5 aliphatic heterocycles. The van der Waals surface area contributed by atoms with E-state index in [2.05, 4.69) is 73.0 Å². The van der Waals surface area contributed by atoms with Crippen LogP contribution >= 0.6 is 0 Å². The first kappa shape index (κ1) is 66.1. The molecule has 93 heavy (non-hydrogen) atoms. The average molecular weight is 1290 g/mol. The number of anilines is 2. The maximum Gasteiger partial charge on any atom is 0.410 e. The first-order chi connectivity index (χ1) is 44.4. The Morgan fingerprint density at radius 3 is 2.15 bits per heavy atom. The number of likely N-dealkylation sites (tertiary alicyclic amines) is 1. The molecule has 2 unspecified atom stereocenters. The molecule has 7 aliphatic rings. The second-order valence-electron chi connectivity index (χ2n) is 30.1. The maximum atomic E-state index is 18.3. The van der Waals surface area contributed by atoms with E-state index in [4.69, 9.17) is 33.9 Å². The van der Waals surface area contributed by atoms with Crippen LogP contribution in [0.2, 0.25) is 16.6 Å². The van der Waals surface area contributed by atoms with Crippen LogP contribution in [0.5, 0.6) is 11.8 Å². The van der Waals surface area contributed by atoms with Gasteiger partial charge < -0.3 is 38.5 Å². The molecule has 1 N–H and O–H groups in total. The molecule has 7 heterocycles. The van der Waals surface area contributed by atoms with Crippen molar-refractivity contribution in [3.8, 4) is 34.5 Å². The minimum Gasteiger partial charge on any atom is -0.468 e. The number of ether oxygens (including phenoxy) is 4. The fourth-order valence-electron chi connectivity index (χ4n) is 16.6. The van der Waals surface area contributed by atoms with Crippen molar-refractivity contribution in [2.45, 2.75) is 174 Å². The van der Waals surface area contributed by atoms with Gasteiger partial charge in [0.1, 0.15) is 36.5 Å². The lowest BCUT2D eigenvalue weighted by atomic mass is 9.65. The summed E-state index contributed by atoms with van der Waals surface area (Å²) in [6, 6.07) is 14.8. The number of rotatable bonds is 17. The first-order valence-corrected chi connectivity index (χ1v) is 36.6. The number of aryl methyl sites for hydroxylation is 1. The third-order valence-corrected chi connectivity index (χ3v) is 28.2. The van der Waals surface area contributed by atoms with Gasteiger partial charge in [-0.1, -0.05) is 65.7 Å². The minimum atomic E-state index is -2.17. The number of nitrogens with zero attached hydrogens (tertiary/aromatic N) is 9. The number of amides is 5. The number of pyridine rings is 1. The summed E-state index contributed by atoms with van der Waals surface area (Å²) in [4.78, 5) is 80.1. The number of halogens is 1.